The summed E-state index contributed by atoms with van der Waals surface area (Å²) in [7, 11) is 0. The average molecular weight is 199 g/mol. The predicted octanol–water partition coefficient (Wildman–Crippen LogP) is 1.60. The highest BCUT2D eigenvalue weighted by Crippen LogP contribution is 2.29. The van der Waals surface area contributed by atoms with Crippen LogP contribution in [-0.4, -0.2) is 21.3 Å². The quantitative estimate of drug-likeness (QED) is 0.803. The second-order valence-corrected chi connectivity index (χ2v) is 4.69. The van der Waals surface area contributed by atoms with Crippen molar-refractivity contribution >= 4 is 11.8 Å². The first-order valence-electron chi connectivity index (χ1n) is 4.55. The maximum atomic E-state index is 8.78. The fourth-order valence-corrected chi connectivity index (χ4v) is 2.84. The van der Waals surface area contributed by atoms with Gasteiger partial charge in [0, 0.05) is 17.7 Å². The fourth-order valence-electron chi connectivity index (χ4n) is 1.56. The van der Waals surface area contributed by atoms with Crippen LogP contribution in [0.25, 0.3) is 0 Å². The maximum absolute atomic E-state index is 8.78. The topological polar surface area (TPSA) is 46.3 Å². The Bertz CT molecular complexity index is 268. The molecule has 1 unspecified atom stereocenters. The van der Waals surface area contributed by atoms with Gasteiger partial charge in [0.2, 0.25) is 0 Å². The molecule has 3 nitrogen and oxygen atoms in total. The first-order chi connectivity index (χ1) is 6.38. The van der Waals surface area contributed by atoms with Gasteiger partial charge in [-0.05, 0) is 18.6 Å². The van der Waals surface area contributed by atoms with Crippen LogP contribution in [0.15, 0.2) is 10.6 Å². The van der Waals surface area contributed by atoms with Crippen molar-refractivity contribution in [1.82, 2.24) is 5.16 Å². The molecule has 4 heteroatoms. The third-order valence-electron chi connectivity index (χ3n) is 2.22. The molecule has 1 fully saturated rings. The Morgan fingerprint density at radius 2 is 2.62 bits per heavy atom. The van der Waals surface area contributed by atoms with E-state index in [0.29, 0.717) is 10.9 Å². The Balaban J connectivity index is 1.92. The van der Waals surface area contributed by atoms with Crippen LogP contribution in [0.2, 0.25) is 0 Å². The maximum Gasteiger partial charge on any atom is 0.138 e. The molecule has 1 aromatic rings. The van der Waals surface area contributed by atoms with Gasteiger partial charge in [-0.3, -0.25) is 0 Å². The molecule has 2 rings (SSSR count). The number of hydrogen-bond donors (Lipinski definition) is 1. The Morgan fingerprint density at radius 1 is 1.69 bits per heavy atom. The summed E-state index contributed by atoms with van der Waals surface area (Å²) in [6, 6.07) is 1.85. The van der Waals surface area contributed by atoms with E-state index in [1.54, 1.807) is 0 Å². The number of aliphatic hydroxyl groups excluding tert-OH is 1. The van der Waals surface area contributed by atoms with Crippen molar-refractivity contribution in [2.75, 3.05) is 5.75 Å². The summed E-state index contributed by atoms with van der Waals surface area (Å²) in [5, 5.41) is 13.2. The normalized spacial score (nSPS) is 22.4. The van der Waals surface area contributed by atoms with Crippen molar-refractivity contribution in [3.63, 3.8) is 0 Å². The van der Waals surface area contributed by atoms with E-state index in [0.717, 1.165) is 12.2 Å². The smallest absolute Gasteiger partial charge is 0.138 e. The summed E-state index contributed by atoms with van der Waals surface area (Å²) in [4.78, 5) is 0. The van der Waals surface area contributed by atoms with Crippen LogP contribution < -0.4 is 0 Å². The van der Waals surface area contributed by atoms with E-state index in [1.807, 2.05) is 17.8 Å². The highest BCUT2D eigenvalue weighted by atomic mass is 32.2. The van der Waals surface area contributed by atoms with Crippen molar-refractivity contribution < 1.29 is 9.63 Å². The van der Waals surface area contributed by atoms with Crippen molar-refractivity contribution in [1.29, 1.82) is 0 Å². The molecule has 1 aliphatic rings. The van der Waals surface area contributed by atoms with Gasteiger partial charge in [0.1, 0.15) is 11.5 Å². The molecular weight excluding hydrogens is 186 g/mol. The molecule has 1 atom stereocenters. The van der Waals surface area contributed by atoms with Crippen molar-refractivity contribution in [2.45, 2.75) is 31.1 Å². The highest BCUT2D eigenvalue weighted by molar-refractivity contribution is 8.00. The molecule has 1 N–H and O–H groups in total. The Morgan fingerprint density at radius 3 is 3.23 bits per heavy atom. The van der Waals surface area contributed by atoms with Crippen LogP contribution in [0, 0.1) is 0 Å². The number of thioether (sulfide) groups is 1. The average Bonchev–Trinajstić information content (AvgIpc) is 2.76. The molecule has 0 radical (unpaired) electrons. The molecule has 1 saturated heterocycles. The molecular formula is C9H13NO2S. The molecule has 0 aliphatic carbocycles. The summed E-state index contributed by atoms with van der Waals surface area (Å²) < 4.78 is 5.09. The summed E-state index contributed by atoms with van der Waals surface area (Å²) in [5.41, 5.74) is 0.637. The standard InChI is InChI=1S/C9H13NO2S/c11-6-7-4-8(12-10-7)5-9-2-1-3-13-9/h4,9,11H,1-3,5-6H2. The lowest BCUT2D eigenvalue weighted by molar-refractivity contribution is 0.265. The van der Waals surface area contributed by atoms with E-state index in [2.05, 4.69) is 5.16 Å². The van der Waals surface area contributed by atoms with Gasteiger partial charge >= 0.3 is 0 Å². The minimum absolute atomic E-state index is 0.0265. The number of aromatic nitrogens is 1. The van der Waals surface area contributed by atoms with E-state index >= 15 is 0 Å². The molecule has 0 saturated carbocycles. The zero-order valence-corrected chi connectivity index (χ0v) is 8.22. The number of rotatable bonds is 3. The SMILES string of the molecule is OCc1cc(CC2CCCS2)on1. The van der Waals surface area contributed by atoms with Crippen LogP contribution >= 0.6 is 11.8 Å². The molecule has 1 aliphatic heterocycles. The number of nitrogens with zero attached hydrogens (tertiary/aromatic N) is 1. The molecule has 1 aromatic heterocycles. The molecule has 0 spiro atoms. The third kappa shape index (κ3) is 2.25. The van der Waals surface area contributed by atoms with Crippen LogP contribution in [0.3, 0.4) is 0 Å². The molecule has 0 amide bonds. The second-order valence-electron chi connectivity index (χ2n) is 3.28. The van der Waals surface area contributed by atoms with Crippen LogP contribution in [0.1, 0.15) is 24.3 Å². The number of aliphatic hydroxyl groups is 1. The van der Waals surface area contributed by atoms with Gasteiger partial charge in [0.15, 0.2) is 0 Å². The zero-order chi connectivity index (χ0) is 9.10. The summed E-state index contributed by atoms with van der Waals surface area (Å²) in [5.74, 6) is 2.18. The van der Waals surface area contributed by atoms with Gasteiger partial charge in [-0.1, -0.05) is 5.16 Å². The summed E-state index contributed by atoms with van der Waals surface area (Å²) in [6.07, 6.45) is 3.55. The first-order valence-corrected chi connectivity index (χ1v) is 5.60. The highest BCUT2D eigenvalue weighted by Gasteiger charge is 2.18. The van der Waals surface area contributed by atoms with Gasteiger partial charge in [-0.15, -0.1) is 0 Å². The van der Waals surface area contributed by atoms with E-state index in [9.17, 15) is 0 Å². The lowest BCUT2D eigenvalue weighted by Gasteiger charge is -2.02. The molecule has 0 aromatic carbocycles. The van der Waals surface area contributed by atoms with Crippen LogP contribution in [0.5, 0.6) is 0 Å². The van der Waals surface area contributed by atoms with E-state index < -0.39 is 0 Å². The zero-order valence-electron chi connectivity index (χ0n) is 7.40. The summed E-state index contributed by atoms with van der Waals surface area (Å²) >= 11 is 2.00. The van der Waals surface area contributed by atoms with Crippen molar-refractivity contribution in [3.8, 4) is 0 Å². The molecule has 72 valence electrons. The monoisotopic (exact) mass is 199 g/mol. The van der Waals surface area contributed by atoms with Crippen LogP contribution in [0.4, 0.5) is 0 Å². The van der Waals surface area contributed by atoms with E-state index in [4.69, 9.17) is 9.63 Å². The largest absolute Gasteiger partial charge is 0.390 e. The predicted molar refractivity (Wildman–Crippen MR) is 51.6 cm³/mol. The minimum Gasteiger partial charge on any atom is -0.390 e. The summed E-state index contributed by atoms with van der Waals surface area (Å²) in [6.45, 7) is -0.0265. The molecule has 13 heavy (non-hydrogen) atoms. The molecule has 2 heterocycles. The number of hydrogen-bond acceptors (Lipinski definition) is 4. The van der Waals surface area contributed by atoms with E-state index in [1.165, 1.54) is 18.6 Å². The Kier molecular flexibility index (Phi) is 2.90. The minimum atomic E-state index is -0.0265. The first kappa shape index (κ1) is 9.09. The van der Waals surface area contributed by atoms with Crippen molar-refractivity contribution in [2.24, 2.45) is 0 Å². The van der Waals surface area contributed by atoms with Gasteiger partial charge in [-0.2, -0.15) is 11.8 Å². The van der Waals surface area contributed by atoms with Gasteiger partial charge in [0.25, 0.3) is 0 Å². The van der Waals surface area contributed by atoms with Crippen LogP contribution in [-0.2, 0) is 13.0 Å². The van der Waals surface area contributed by atoms with Gasteiger partial charge in [0.05, 0.1) is 6.61 Å². The molecule has 0 bridgehead atoms. The van der Waals surface area contributed by atoms with Gasteiger partial charge in [-0.25, -0.2) is 0 Å². The Hall–Kier alpha value is -0.480. The lowest BCUT2D eigenvalue weighted by atomic mass is 10.1. The second kappa shape index (κ2) is 4.15. The van der Waals surface area contributed by atoms with E-state index in [-0.39, 0.29) is 6.61 Å². The lowest BCUT2D eigenvalue weighted by Crippen LogP contribution is -2.00. The van der Waals surface area contributed by atoms with Gasteiger partial charge < -0.3 is 9.63 Å². The Labute approximate surface area is 81.5 Å². The third-order valence-corrected chi connectivity index (χ3v) is 3.62. The fraction of sp³-hybridized carbons (Fsp3) is 0.667. The van der Waals surface area contributed by atoms with Crippen molar-refractivity contribution in [3.05, 3.63) is 17.5 Å².